The van der Waals surface area contributed by atoms with E-state index in [2.05, 4.69) is 5.32 Å². The van der Waals surface area contributed by atoms with E-state index in [1.807, 2.05) is 0 Å². The number of furan rings is 1. The van der Waals surface area contributed by atoms with E-state index in [9.17, 15) is 19.2 Å². The average molecular weight is 384 g/mol. The van der Waals surface area contributed by atoms with Gasteiger partial charge >= 0.3 is 5.97 Å². The van der Waals surface area contributed by atoms with Gasteiger partial charge in [0.2, 0.25) is 0 Å². The SMILES string of the molecule is CC(C)NC(=O)[C@@H](C)OC(=O)c1ccc2c(c1)C(=O)N(Cc1ccco1)C2=O. The lowest BCUT2D eigenvalue weighted by atomic mass is 10.1. The van der Waals surface area contributed by atoms with Gasteiger partial charge in [0.1, 0.15) is 5.76 Å². The molecule has 0 radical (unpaired) electrons. The monoisotopic (exact) mass is 384 g/mol. The van der Waals surface area contributed by atoms with Crippen molar-refractivity contribution in [1.29, 1.82) is 0 Å². The van der Waals surface area contributed by atoms with Crippen LogP contribution in [0.1, 0.15) is 57.6 Å². The van der Waals surface area contributed by atoms with E-state index in [1.54, 1.807) is 26.0 Å². The second kappa shape index (κ2) is 7.67. The molecule has 8 heteroatoms. The van der Waals surface area contributed by atoms with Gasteiger partial charge < -0.3 is 14.5 Å². The smallest absolute Gasteiger partial charge is 0.338 e. The molecule has 0 fully saturated rings. The van der Waals surface area contributed by atoms with Gasteiger partial charge in [0.05, 0.1) is 29.5 Å². The van der Waals surface area contributed by atoms with E-state index in [0.29, 0.717) is 5.76 Å². The molecule has 1 aromatic carbocycles. The van der Waals surface area contributed by atoms with Crippen LogP contribution in [-0.2, 0) is 16.1 Å². The average Bonchev–Trinajstić information content (AvgIpc) is 3.24. The number of benzene rings is 1. The number of carbonyl (C=O) groups is 4. The summed E-state index contributed by atoms with van der Waals surface area (Å²) in [6.45, 7) is 5.06. The molecule has 1 aliphatic rings. The molecule has 28 heavy (non-hydrogen) atoms. The van der Waals surface area contributed by atoms with Gasteiger partial charge in [0.25, 0.3) is 17.7 Å². The molecule has 3 amide bonds. The van der Waals surface area contributed by atoms with Crippen LogP contribution in [0, 0.1) is 0 Å². The van der Waals surface area contributed by atoms with Crippen LogP contribution < -0.4 is 5.32 Å². The third-order valence-corrected chi connectivity index (χ3v) is 4.18. The zero-order valence-corrected chi connectivity index (χ0v) is 15.7. The van der Waals surface area contributed by atoms with Crippen molar-refractivity contribution in [1.82, 2.24) is 10.2 Å². The summed E-state index contributed by atoms with van der Waals surface area (Å²) in [6, 6.07) is 7.36. The molecule has 146 valence electrons. The number of esters is 1. The maximum Gasteiger partial charge on any atom is 0.338 e. The summed E-state index contributed by atoms with van der Waals surface area (Å²) >= 11 is 0. The Hall–Kier alpha value is -3.42. The summed E-state index contributed by atoms with van der Waals surface area (Å²) in [5.74, 6) is -1.67. The van der Waals surface area contributed by atoms with Crippen LogP contribution in [0.4, 0.5) is 0 Å². The molecule has 0 unspecified atom stereocenters. The molecule has 0 aliphatic carbocycles. The Morgan fingerprint density at radius 1 is 1.11 bits per heavy atom. The molecule has 0 spiro atoms. The fourth-order valence-corrected chi connectivity index (χ4v) is 2.80. The van der Waals surface area contributed by atoms with Crippen molar-refractivity contribution in [3.63, 3.8) is 0 Å². The molecule has 2 heterocycles. The molecule has 0 saturated heterocycles. The molecule has 0 bridgehead atoms. The highest BCUT2D eigenvalue weighted by Gasteiger charge is 2.36. The zero-order chi connectivity index (χ0) is 20.4. The number of nitrogens with zero attached hydrogens (tertiary/aromatic N) is 1. The summed E-state index contributed by atoms with van der Waals surface area (Å²) < 4.78 is 10.3. The summed E-state index contributed by atoms with van der Waals surface area (Å²) in [4.78, 5) is 50.4. The zero-order valence-electron chi connectivity index (χ0n) is 15.7. The van der Waals surface area contributed by atoms with Crippen molar-refractivity contribution in [2.75, 3.05) is 0 Å². The topological polar surface area (TPSA) is 106 Å². The quantitative estimate of drug-likeness (QED) is 0.604. The van der Waals surface area contributed by atoms with E-state index in [4.69, 9.17) is 9.15 Å². The minimum Gasteiger partial charge on any atom is -0.467 e. The summed E-state index contributed by atoms with van der Waals surface area (Å²) in [5, 5.41) is 2.65. The molecule has 0 saturated carbocycles. The molecule has 8 nitrogen and oxygen atoms in total. The molecule has 2 aromatic rings. The van der Waals surface area contributed by atoms with E-state index in [-0.39, 0.29) is 29.3 Å². The van der Waals surface area contributed by atoms with Crippen LogP contribution in [0.5, 0.6) is 0 Å². The maximum atomic E-state index is 12.6. The van der Waals surface area contributed by atoms with Gasteiger partial charge in [-0.1, -0.05) is 0 Å². The van der Waals surface area contributed by atoms with Gasteiger partial charge in [-0.3, -0.25) is 19.3 Å². The van der Waals surface area contributed by atoms with Gasteiger partial charge in [-0.15, -0.1) is 0 Å². The van der Waals surface area contributed by atoms with E-state index in [1.165, 1.54) is 31.4 Å². The minimum absolute atomic E-state index is 0.00549. The Labute approximate surface area is 161 Å². The predicted octanol–water partition coefficient (Wildman–Crippen LogP) is 2.15. The van der Waals surface area contributed by atoms with Gasteiger partial charge in [0.15, 0.2) is 6.10 Å². The van der Waals surface area contributed by atoms with Crippen LogP contribution in [-0.4, -0.2) is 40.7 Å². The first kappa shape index (κ1) is 19.3. The Morgan fingerprint density at radius 3 is 2.46 bits per heavy atom. The molecular formula is C20H20N2O6. The Kier molecular flexibility index (Phi) is 5.30. The minimum atomic E-state index is -0.990. The molecule has 3 rings (SSSR count). The number of carbonyl (C=O) groups excluding carboxylic acids is 4. The second-order valence-electron chi connectivity index (χ2n) is 6.75. The Bertz CT molecular complexity index is 932. The molecule has 1 aliphatic heterocycles. The maximum absolute atomic E-state index is 12.6. The van der Waals surface area contributed by atoms with Crippen molar-refractivity contribution < 1.29 is 28.3 Å². The number of fused-ring (bicyclic) bond motifs is 1. The molecular weight excluding hydrogens is 364 g/mol. The van der Waals surface area contributed by atoms with Crippen LogP contribution in [0.3, 0.4) is 0 Å². The fraction of sp³-hybridized carbons (Fsp3) is 0.300. The summed E-state index contributed by atoms with van der Waals surface area (Å²) in [6.07, 6.45) is 0.467. The van der Waals surface area contributed by atoms with Crippen LogP contribution >= 0.6 is 0 Å². The van der Waals surface area contributed by atoms with Crippen molar-refractivity contribution in [3.8, 4) is 0 Å². The Balaban J connectivity index is 1.75. The normalized spacial score (nSPS) is 14.2. The first-order valence-corrected chi connectivity index (χ1v) is 8.82. The Morgan fingerprint density at radius 2 is 1.82 bits per heavy atom. The van der Waals surface area contributed by atoms with Gasteiger partial charge in [-0.05, 0) is 51.1 Å². The second-order valence-corrected chi connectivity index (χ2v) is 6.75. The lowest BCUT2D eigenvalue weighted by molar-refractivity contribution is -0.129. The van der Waals surface area contributed by atoms with Crippen LogP contribution in [0.2, 0.25) is 0 Å². The lowest BCUT2D eigenvalue weighted by Gasteiger charge is -2.15. The number of ether oxygens (including phenoxy) is 1. The molecule has 1 atom stereocenters. The van der Waals surface area contributed by atoms with Crippen molar-refractivity contribution >= 4 is 23.7 Å². The van der Waals surface area contributed by atoms with E-state index in [0.717, 1.165) is 4.90 Å². The lowest BCUT2D eigenvalue weighted by Crippen LogP contribution is -2.39. The van der Waals surface area contributed by atoms with Crippen LogP contribution in [0.15, 0.2) is 41.0 Å². The van der Waals surface area contributed by atoms with Crippen molar-refractivity contribution in [3.05, 3.63) is 59.0 Å². The first-order valence-electron chi connectivity index (χ1n) is 8.82. The number of rotatable bonds is 6. The van der Waals surface area contributed by atoms with Crippen LogP contribution in [0.25, 0.3) is 0 Å². The number of imide groups is 1. The predicted molar refractivity (Wildman–Crippen MR) is 97.5 cm³/mol. The highest BCUT2D eigenvalue weighted by Crippen LogP contribution is 2.26. The number of hydrogen-bond donors (Lipinski definition) is 1. The van der Waals surface area contributed by atoms with Crippen molar-refractivity contribution in [2.45, 2.75) is 39.5 Å². The third kappa shape index (κ3) is 3.80. The highest BCUT2D eigenvalue weighted by molar-refractivity contribution is 6.21. The van der Waals surface area contributed by atoms with Gasteiger partial charge in [-0.2, -0.15) is 0 Å². The number of hydrogen-bond acceptors (Lipinski definition) is 6. The highest BCUT2D eigenvalue weighted by atomic mass is 16.5. The summed E-state index contributed by atoms with van der Waals surface area (Å²) in [7, 11) is 0. The third-order valence-electron chi connectivity index (χ3n) is 4.18. The fourth-order valence-electron chi connectivity index (χ4n) is 2.80. The van der Waals surface area contributed by atoms with Gasteiger partial charge in [-0.25, -0.2) is 4.79 Å². The molecule has 1 aromatic heterocycles. The van der Waals surface area contributed by atoms with Gasteiger partial charge in [0, 0.05) is 6.04 Å². The van der Waals surface area contributed by atoms with Crippen molar-refractivity contribution in [2.24, 2.45) is 0 Å². The number of nitrogens with one attached hydrogen (secondary N) is 1. The standard InChI is InChI=1S/C20H20N2O6/c1-11(2)21-17(23)12(3)28-20(26)13-6-7-15-16(9-13)19(25)22(18(15)24)10-14-5-4-8-27-14/h4-9,11-12H,10H2,1-3H3,(H,21,23)/t12-/m1/s1. The van der Waals surface area contributed by atoms with E-state index < -0.39 is 29.8 Å². The molecule has 1 N–H and O–H groups in total. The van der Waals surface area contributed by atoms with E-state index >= 15 is 0 Å². The first-order chi connectivity index (χ1) is 13.3. The largest absolute Gasteiger partial charge is 0.467 e. The summed E-state index contributed by atoms with van der Waals surface area (Å²) in [5.41, 5.74) is 0.410. The number of amides is 3.